The maximum atomic E-state index is 12.0. The molecule has 0 radical (unpaired) electrons. The second-order valence-corrected chi connectivity index (χ2v) is 8.36. The standard InChI is InChI=1S/C22H32N6O2.HI/c1-5-23-20(28-12-11-17(15-28)26-21(29)30-22(2,3)4)25-14-19-24-13-18(27-19)16-9-7-6-8-10-16;/h6-10,13,17H,5,11-12,14-15H2,1-4H3,(H,23,25)(H,24,27)(H,26,29);1H. The van der Waals surface area contributed by atoms with Gasteiger partial charge in [-0.2, -0.15) is 0 Å². The summed E-state index contributed by atoms with van der Waals surface area (Å²) < 4.78 is 5.36. The average Bonchev–Trinajstić information content (AvgIpc) is 3.34. The minimum atomic E-state index is -0.500. The van der Waals surface area contributed by atoms with Gasteiger partial charge in [-0.25, -0.2) is 14.8 Å². The molecule has 1 unspecified atom stereocenters. The van der Waals surface area contributed by atoms with E-state index in [0.717, 1.165) is 42.6 Å². The molecule has 31 heavy (non-hydrogen) atoms. The summed E-state index contributed by atoms with van der Waals surface area (Å²) in [6.45, 7) is 10.4. The molecule has 0 saturated carbocycles. The van der Waals surface area contributed by atoms with Crippen molar-refractivity contribution < 1.29 is 9.53 Å². The summed E-state index contributed by atoms with van der Waals surface area (Å²) in [5, 5.41) is 6.29. The molecule has 3 N–H and O–H groups in total. The van der Waals surface area contributed by atoms with Crippen LogP contribution in [-0.4, -0.2) is 58.2 Å². The number of carbonyl (C=O) groups excluding carboxylic acids is 1. The number of carbonyl (C=O) groups is 1. The normalized spacial score (nSPS) is 16.6. The summed E-state index contributed by atoms with van der Waals surface area (Å²) in [5.74, 6) is 1.63. The van der Waals surface area contributed by atoms with Crippen LogP contribution in [0.1, 0.15) is 39.9 Å². The molecule has 170 valence electrons. The lowest BCUT2D eigenvalue weighted by molar-refractivity contribution is 0.0507. The fourth-order valence-corrected chi connectivity index (χ4v) is 3.33. The highest BCUT2D eigenvalue weighted by atomic mass is 127. The Morgan fingerprint density at radius 2 is 2.06 bits per heavy atom. The molecule has 1 aliphatic heterocycles. The van der Waals surface area contributed by atoms with Crippen LogP contribution in [0.4, 0.5) is 4.79 Å². The third-order valence-corrected chi connectivity index (χ3v) is 4.64. The van der Waals surface area contributed by atoms with Gasteiger partial charge in [0, 0.05) is 19.6 Å². The third kappa shape index (κ3) is 7.71. The van der Waals surface area contributed by atoms with Crippen molar-refractivity contribution in [3.8, 4) is 11.3 Å². The number of rotatable bonds is 5. The average molecular weight is 540 g/mol. The monoisotopic (exact) mass is 540 g/mol. The van der Waals surface area contributed by atoms with E-state index in [0.29, 0.717) is 13.1 Å². The first-order valence-corrected chi connectivity index (χ1v) is 10.5. The van der Waals surface area contributed by atoms with E-state index in [1.165, 1.54) is 0 Å². The zero-order chi connectivity index (χ0) is 21.6. The van der Waals surface area contributed by atoms with Gasteiger partial charge in [0.1, 0.15) is 18.0 Å². The number of likely N-dealkylation sites (tertiary alicyclic amines) is 1. The van der Waals surface area contributed by atoms with Gasteiger partial charge in [0.05, 0.1) is 17.9 Å². The number of nitrogens with one attached hydrogen (secondary N) is 3. The number of amides is 1. The summed E-state index contributed by atoms with van der Waals surface area (Å²) in [6, 6.07) is 10.1. The van der Waals surface area contributed by atoms with Crippen molar-refractivity contribution in [1.82, 2.24) is 25.5 Å². The van der Waals surface area contributed by atoms with Crippen LogP contribution in [-0.2, 0) is 11.3 Å². The molecule has 2 heterocycles. The van der Waals surface area contributed by atoms with Crippen LogP contribution in [0.2, 0.25) is 0 Å². The Labute approximate surface area is 201 Å². The van der Waals surface area contributed by atoms with Crippen LogP contribution in [0.15, 0.2) is 41.5 Å². The van der Waals surface area contributed by atoms with Crippen molar-refractivity contribution in [3.05, 3.63) is 42.4 Å². The van der Waals surface area contributed by atoms with Crippen LogP contribution >= 0.6 is 24.0 Å². The number of nitrogens with zero attached hydrogens (tertiary/aromatic N) is 3. The number of hydrogen-bond donors (Lipinski definition) is 3. The second kappa shape index (κ2) is 11.4. The fourth-order valence-electron chi connectivity index (χ4n) is 3.33. The molecule has 1 aliphatic rings. The van der Waals surface area contributed by atoms with Gasteiger partial charge in [0.15, 0.2) is 5.96 Å². The first-order chi connectivity index (χ1) is 14.3. The third-order valence-electron chi connectivity index (χ3n) is 4.64. The minimum Gasteiger partial charge on any atom is -0.444 e. The van der Waals surface area contributed by atoms with E-state index >= 15 is 0 Å². The van der Waals surface area contributed by atoms with Gasteiger partial charge in [0.2, 0.25) is 0 Å². The number of aromatic nitrogens is 2. The highest BCUT2D eigenvalue weighted by Crippen LogP contribution is 2.17. The largest absolute Gasteiger partial charge is 0.444 e. The predicted octanol–water partition coefficient (Wildman–Crippen LogP) is 3.76. The maximum absolute atomic E-state index is 12.0. The molecule has 0 bridgehead atoms. The zero-order valence-electron chi connectivity index (χ0n) is 18.6. The number of benzene rings is 1. The van der Waals surface area contributed by atoms with Gasteiger partial charge in [0.25, 0.3) is 0 Å². The lowest BCUT2D eigenvalue weighted by atomic mass is 10.2. The molecule has 9 heteroatoms. The van der Waals surface area contributed by atoms with E-state index in [2.05, 4.69) is 25.5 Å². The highest BCUT2D eigenvalue weighted by molar-refractivity contribution is 14.0. The van der Waals surface area contributed by atoms with Crippen molar-refractivity contribution in [3.63, 3.8) is 0 Å². The first kappa shape index (κ1) is 25.0. The molecule has 1 saturated heterocycles. The van der Waals surface area contributed by atoms with Crippen molar-refractivity contribution in [2.45, 2.75) is 52.3 Å². The number of H-pyrrole nitrogens is 1. The molecule has 3 rings (SSSR count). The van der Waals surface area contributed by atoms with Crippen LogP contribution in [0, 0.1) is 0 Å². The van der Waals surface area contributed by atoms with E-state index in [1.807, 2.05) is 64.2 Å². The molecule has 0 spiro atoms. The Morgan fingerprint density at radius 3 is 2.74 bits per heavy atom. The molecular formula is C22H33IN6O2. The van der Waals surface area contributed by atoms with Gasteiger partial charge in [-0.1, -0.05) is 30.3 Å². The fraction of sp³-hybridized carbons (Fsp3) is 0.500. The van der Waals surface area contributed by atoms with Crippen LogP contribution in [0.3, 0.4) is 0 Å². The van der Waals surface area contributed by atoms with Gasteiger partial charge < -0.3 is 25.3 Å². The Morgan fingerprint density at radius 1 is 1.32 bits per heavy atom. The van der Waals surface area contributed by atoms with Crippen molar-refractivity contribution in [1.29, 1.82) is 0 Å². The number of guanidine groups is 1. The number of ether oxygens (including phenoxy) is 1. The number of aliphatic imine (C=N–C) groups is 1. The molecule has 1 aromatic carbocycles. The molecule has 8 nitrogen and oxygen atoms in total. The van der Waals surface area contributed by atoms with Gasteiger partial charge in [-0.3, -0.25) is 0 Å². The van der Waals surface area contributed by atoms with E-state index in [9.17, 15) is 4.79 Å². The number of hydrogen-bond acceptors (Lipinski definition) is 4. The van der Waals surface area contributed by atoms with Gasteiger partial charge in [-0.05, 0) is 39.7 Å². The molecule has 1 amide bonds. The van der Waals surface area contributed by atoms with Crippen LogP contribution in [0.25, 0.3) is 11.3 Å². The van der Waals surface area contributed by atoms with Gasteiger partial charge >= 0.3 is 6.09 Å². The number of imidazole rings is 1. The molecule has 2 aromatic rings. The molecular weight excluding hydrogens is 507 g/mol. The van der Waals surface area contributed by atoms with Crippen LogP contribution in [0.5, 0.6) is 0 Å². The van der Waals surface area contributed by atoms with Gasteiger partial charge in [-0.15, -0.1) is 24.0 Å². The summed E-state index contributed by atoms with van der Waals surface area (Å²) in [4.78, 5) is 26.7. The summed E-state index contributed by atoms with van der Waals surface area (Å²) >= 11 is 0. The second-order valence-electron chi connectivity index (χ2n) is 8.36. The van der Waals surface area contributed by atoms with E-state index in [-0.39, 0.29) is 36.1 Å². The molecule has 0 aliphatic carbocycles. The SMILES string of the molecule is CCNC(=NCc1ncc(-c2ccccc2)[nH]1)N1CCC(NC(=O)OC(C)(C)C)C1.I. The Kier molecular flexibility index (Phi) is 9.15. The highest BCUT2D eigenvalue weighted by Gasteiger charge is 2.27. The lowest BCUT2D eigenvalue weighted by Gasteiger charge is -2.23. The topological polar surface area (TPSA) is 94.6 Å². The molecule has 1 atom stereocenters. The Bertz CT molecular complexity index is 862. The van der Waals surface area contributed by atoms with E-state index < -0.39 is 5.60 Å². The number of alkyl carbamates (subject to hydrolysis) is 1. The zero-order valence-corrected chi connectivity index (χ0v) is 21.0. The lowest BCUT2D eigenvalue weighted by Crippen LogP contribution is -2.44. The number of halogens is 1. The van der Waals surface area contributed by atoms with E-state index in [1.54, 1.807) is 0 Å². The van der Waals surface area contributed by atoms with Crippen molar-refractivity contribution >= 4 is 36.0 Å². The summed E-state index contributed by atoms with van der Waals surface area (Å²) in [6.07, 6.45) is 2.31. The Balaban J connectivity index is 0.00000341. The molecule has 1 fully saturated rings. The van der Waals surface area contributed by atoms with Crippen molar-refractivity contribution in [2.24, 2.45) is 4.99 Å². The first-order valence-electron chi connectivity index (χ1n) is 10.5. The summed E-state index contributed by atoms with van der Waals surface area (Å²) in [7, 11) is 0. The van der Waals surface area contributed by atoms with Crippen LogP contribution < -0.4 is 10.6 Å². The molecule has 1 aromatic heterocycles. The predicted molar refractivity (Wildman–Crippen MR) is 134 cm³/mol. The minimum absolute atomic E-state index is 0. The Hall–Kier alpha value is -2.30. The van der Waals surface area contributed by atoms with E-state index in [4.69, 9.17) is 9.73 Å². The number of aromatic amines is 1. The summed E-state index contributed by atoms with van der Waals surface area (Å²) in [5.41, 5.74) is 1.58. The maximum Gasteiger partial charge on any atom is 0.407 e. The van der Waals surface area contributed by atoms with Crippen molar-refractivity contribution in [2.75, 3.05) is 19.6 Å². The smallest absolute Gasteiger partial charge is 0.407 e. The quantitative estimate of drug-likeness (QED) is 0.305.